The van der Waals surface area contributed by atoms with Crippen LogP contribution in [0.1, 0.15) is 49.8 Å². The second kappa shape index (κ2) is 7.02. The Morgan fingerprint density at radius 2 is 1.96 bits per heavy atom. The zero-order chi connectivity index (χ0) is 19.8. The Morgan fingerprint density at radius 1 is 1.30 bits per heavy atom. The number of hydrogen-bond acceptors (Lipinski definition) is 5. The van der Waals surface area contributed by atoms with Crippen molar-refractivity contribution >= 4 is 23.3 Å². The molecule has 0 amide bonds. The van der Waals surface area contributed by atoms with Crippen LogP contribution in [-0.4, -0.2) is 23.7 Å². The van der Waals surface area contributed by atoms with Crippen molar-refractivity contribution in [3.05, 3.63) is 63.2 Å². The van der Waals surface area contributed by atoms with Gasteiger partial charge in [0, 0.05) is 30.4 Å². The van der Waals surface area contributed by atoms with Gasteiger partial charge < -0.3 is 4.90 Å². The van der Waals surface area contributed by atoms with Gasteiger partial charge in [-0.1, -0.05) is 6.92 Å². The number of benzene rings is 2. The van der Waals surface area contributed by atoms with Gasteiger partial charge in [-0.2, -0.15) is 5.10 Å². The summed E-state index contributed by atoms with van der Waals surface area (Å²) in [5, 5.41) is 15.0. The molecular formula is C21H26N4O2. The van der Waals surface area contributed by atoms with Crippen molar-refractivity contribution in [2.45, 2.75) is 45.6 Å². The van der Waals surface area contributed by atoms with Crippen LogP contribution in [0.3, 0.4) is 0 Å². The molecule has 3 rings (SSSR count). The molecule has 0 radical (unpaired) electrons. The number of aryl methyl sites for hydroxylation is 1. The summed E-state index contributed by atoms with van der Waals surface area (Å²) >= 11 is 0. The van der Waals surface area contributed by atoms with Crippen LogP contribution in [0.2, 0.25) is 0 Å². The Hall–Kier alpha value is -2.89. The highest BCUT2D eigenvalue weighted by Crippen LogP contribution is 2.43. The lowest BCUT2D eigenvalue weighted by Gasteiger charge is -2.45. The van der Waals surface area contributed by atoms with Gasteiger partial charge in [-0.15, -0.1) is 0 Å². The van der Waals surface area contributed by atoms with Gasteiger partial charge in [-0.05, 0) is 74.1 Å². The highest BCUT2D eigenvalue weighted by Gasteiger charge is 2.34. The normalized spacial score (nSPS) is 18.4. The fourth-order valence-corrected chi connectivity index (χ4v) is 3.71. The molecular weight excluding hydrogens is 340 g/mol. The maximum Gasteiger partial charge on any atom is 0.269 e. The van der Waals surface area contributed by atoms with Gasteiger partial charge in [0.25, 0.3) is 5.69 Å². The Balaban J connectivity index is 1.81. The molecule has 1 N–H and O–H groups in total. The Morgan fingerprint density at radius 3 is 2.59 bits per heavy atom. The highest BCUT2D eigenvalue weighted by atomic mass is 16.6. The van der Waals surface area contributed by atoms with Crippen LogP contribution in [0.25, 0.3) is 0 Å². The molecule has 27 heavy (non-hydrogen) atoms. The lowest BCUT2D eigenvalue weighted by atomic mass is 9.79. The predicted octanol–water partition coefficient (Wildman–Crippen LogP) is 5.07. The average Bonchev–Trinajstić information content (AvgIpc) is 2.61. The molecule has 0 aromatic heterocycles. The van der Waals surface area contributed by atoms with Crippen LogP contribution in [0.5, 0.6) is 0 Å². The summed E-state index contributed by atoms with van der Waals surface area (Å²) in [6.07, 6.45) is 2.92. The van der Waals surface area contributed by atoms with Crippen molar-refractivity contribution < 1.29 is 4.92 Å². The van der Waals surface area contributed by atoms with Gasteiger partial charge in [-0.25, -0.2) is 0 Å². The number of nitrogens with zero attached hydrogens (tertiary/aromatic N) is 3. The number of hydrogen-bond donors (Lipinski definition) is 1. The first-order valence-electron chi connectivity index (χ1n) is 9.11. The van der Waals surface area contributed by atoms with Gasteiger partial charge in [0.1, 0.15) is 0 Å². The van der Waals surface area contributed by atoms with E-state index in [0.717, 1.165) is 12.0 Å². The molecule has 1 heterocycles. The van der Waals surface area contributed by atoms with Crippen molar-refractivity contribution in [1.82, 2.24) is 0 Å². The SMILES string of the molecule is Cc1cc2c(cc1/C=N/Nc1ccc([N+](=O)[O-])cc1)C(C)CC(C)(C)N2C. The van der Waals surface area contributed by atoms with E-state index in [0.29, 0.717) is 11.6 Å². The van der Waals surface area contributed by atoms with E-state index in [2.05, 4.69) is 62.3 Å². The largest absolute Gasteiger partial charge is 0.369 e. The number of nitrogens with one attached hydrogen (secondary N) is 1. The molecule has 1 atom stereocenters. The van der Waals surface area contributed by atoms with Crippen molar-refractivity contribution in [1.29, 1.82) is 0 Å². The first-order chi connectivity index (χ1) is 12.7. The molecule has 0 saturated carbocycles. The number of hydrazone groups is 1. The summed E-state index contributed by atoms with van der Waals surface area (Å²) < 4.78 is 0. The molecule has 6 heteroatoms. The number of nitro groups is 1. The van der Waals surface area contributed by atoms with E-state index in [9.17, 15) is 10.1 Å². The summed E-state index contributed by atoms with van der Waals surface area (Å²) in [6.45, 7) is 8.93. The van der Waals surface area contributed by atoms with Gasteiger partial charge in [0.15, 0.2) is 0 Å². The van der Waals surface area contributed by atoms with Crippen LogP contribution in [0, 0.1) is 17.0 Å². The number of rotatable bonds is 4. The predicted molar refractivity (Wildman–Crippen MR) is 111 cm³/mol. The minimum atomic E-state index is -0.414. The lowest BCUT2D eigenvalue weighted by molar-refractivity contribution is -0.384. The van der Waals surface area contributed by atoms with Crippen molar-refractivity contribution in [2.75, 3.05) is 17.4 Å². The second-order valence-corrected chi connectivity index (χ2v) is 7.92. The fraction of sp³-hybridized carbons (Fsp3) is 0.381. The van der Waals surface area contributed by atoms with Crippen molar-refractivity contribution in [2.24, 2.45) is 5.10 Å². The molecule has 0 bridgehead atoms. The number of anilines is 2. The summed E-state index contributed by atoms with van der Waals surface area (Å²) in [6, 6.07) is 10.7. The maximum atomic E-state index is 10.7. The van der Waals surface area contributed by atoms with Gasteiger partial charge >= 0.3 is 0 Å². The number of nitro benzene ring substituents is 1. The molecule has 142 valence electrons. The molecule has 1 unspecified atom stereocenters. The molecule has 0 aliphatic carbocycles. The summed E-state index contributed by atoms with van der Waals surface area (Å²) in [7, 11) is 2.16. The first kappa shape index (κ1) is 18.9. The molecule has 0 saturated heterocycles. The molecule has 1 aliphatic rings. The van der Waals surface area contributed by atoms with E-state index in [1.54, 1.807) is 12.1 Å². The fourth-order valence-electron chi connectivity index (χ4n) is 3.71. The third-order valence-corrected chi connectivity index (χ3v) is 5.50. The van der Waals surface area contributed by atoms with E-state index < -0.39 is 4.92 Å². The molecule has 6 nitrogen and oxygen atoms in total. The van der Waals surface area contributed by atoms with Crippen LogP contribution >= 0.6 is 0 Å². The molecule has 1 aliphatic heterocycles. The Bertz CT molecular complexity index is 888. The van der Waals surface area contributed by atoms with Crippen LogP contribution in [0.4, 0.5) is 17.1 Å². The molecule has 2 aromatic rings. The monoisotopic (exact) mass is 366 g/mol. The van der Waals surface area contributed by atoms with E-state index in [1.165, 1.54) is 28.9 Å². The van der Waals surface area contributed by atoms with Crippen LogP contribution < -0.4 is 10.3 Å². The summed E-state index contributed by atoms with van der Waals surface area (Å²) in [5.41, 5.74) is 8.73. The smallest absolute Gasteiger partial charge is 0.269 e. The van der Waals surface area contributed by atoms with E-state index in [4.69, 9.17) is 0 Å². The Labute approximate surface area is 160 Å². The minimum absolute atomic E-state index is 0.0658. The lowest BCUT2D eigenvalue weighted by Crippen LogP contribution is -2.45. The van der Waals surface area contributed by atoms with E-state index >= 15 is 0 Å². The maximum absolute atomic E-state index is 10.7. The van der Waals surface area contributed by atoms with Gasteiger partial charge in [-0.3, -0.25) is 15.5 Å². The second-order valence-electron chi connectivity index (χ2n) is 7.92. The third-order valence-electron chi connectivity index (χ3n) is 5.50. The van der Waals surface area contributed by atoms with Gasteiger partial charge in [0.05, 0.1) is 16.8 Å². The zero-order valence-corrected chi connectivity index (χ0v) is 16.5. The number of fused-ring (bicyclic) bond motifs is 1. The number of non-ortho nitro benzene ring substituents is 1. The van der Waals surface area contributed by atoms with Crippen molar-refractivity contribution in [3.63, 3.8) is 0 Å². The summed E-state index contributed by atoms with van der Waals surface area (Å²) in [5.74, 6) is 0.488. The molecule has 0 spiro atoms. The van der Waals surface area contributed by atoms with Gasteiger partial charge in [0.2, 0.25) is 0 Å². The average molecular weight is 366 g/mol. The zero-order valence-electron chi connectivity index (χ0n) is 16.5. The van der Waals surface area contributed by atoms with E-state index in [1.807, 2.05) is 6.21 Å². The van der Waals surface area contributed by atoms with Crippen molar-refractivity contribution in [3.8, 4) is 0 Å². The van der Waals surface area contributed by atoms with Crippen LogP contribution in [-0.2, 0) is 0 Å². The highest BCUT2D eigenvalue weighted by molar-refractivity contribution is 5.84. The first-order valence-corrected chi connectivity index (χ1v) is 9.11. The third kappa shape index (κ3) is 3.79. The summed E-state index contributed by atoms with van der Waals surface area (Å²) in [4.78, 5) is 12.7. The standard InChI is InChI=1S/C21H26N4O2/c1-14-10-20-19(15(2)12-21(3,4)24(20)5)11-16(14)13-22-23-17-6-8-18(9-7-17)25(26)27/h6-11,13,15,23H,12H2,1-5H3/b22-13+. The Kier molecular flexibility index (Phi) is 4.91. The molecule has 0 fully saturated rings. The minimum Gasteiger partial charge on any atom is -0.369 e. The quantitative estimate of drug-likeness (QED) is 0.466. The van der Waals surface area contributed by atoms with Crippen LogP contribution in [0.15, 0.2) is 41.5 Å². The molecule has 2 aromatic carbocycles. The van der Waals surface area contributed by atoms with E-state index in [-0.39, 0.29) is 11.2 Å². The topological polar surface area (TPSA) is 70.8 Å².